The Balaban J connectivity index is 2.22. The van der Waals surface area contributed by atoms with Gasteiger partial charge < -0.3 is 0 Å². The Kier molecular flexibility index (Phi) is 1.10. The SMILES string of the molecule is O=C1NN=CN2NCCC12. The Labute approximate surface area is 58.0 Å². The molecule has 0 spiro atoms. The van der Waals surface area contributed by atoms with Gasteiger partial charge in [-0.3, -0.25) is 9.80 Å². The van der Waals surface area contributed by atoms with Gasteiger partial charge in [0, 0.05) is 6.54 Å². The molecule has 0 bridgehead atoms. The molecule has 0 saturated carbocycles. The molecule has 2 rings (SSSR count). The van der Waals surface area contributed by atoms with Gasteiger partial charge in [0.2, 0.25) is 0 Å². The first kappa shape index (κ1) is 5.67. The van der Waals surface area contributed by atoms with Gasteiger partial charge in [-0.25, -0.2) is 10.9 Å². The van der Waals surface area contributed by atoms with E-state index in [2.05, 4.69) is 16.0 Å². The van der Waals surface area contributed by atoms with Crippen molar-refractivity contribution in [1.29, 1.82) is 0 Å². The van der Waals surface area contributed by atoms with E-state index >= 15 is 0 Å². The molecule has 1 amide bonds. The number of hydrazine groups is 1. The van der Waals surface area contributed by atoms with E-state index in [4.69, 9.17) is 0 Å². The van der Waals surface area contributed by atoms with Gasteiger partial charge in [-0.15, -0.1) is 0 Å². The number of hydrazone groups is 1. The highest BCUT2D eigenvalue weighted by Crippen LogP contribution is 2.08. The van der Waals surface area contributed by atoms with E-state index in [0.29, 0.717) is 0 Å². The number of carbonyl (C=O) groups is 1. The molecular weight excluding hydrogens is 132 g/mol. The van der Waals surface area contributed by atoms with Crippen molar-refractivity contribution in [3.05, 3.63) is 0 Å². The Morgan fingerprint density at radius 1 is 1.80 bits per heavy atom. The van der Waals surface area contributed by atoms with E-state index in [1.165, 1.54) is 0 Å². The lowest BCUT2D eigenvalue weighted by molar-refractivity contribution is -0.125. The maximum Gasteiger partial charge on any atom is 0.264 e. The first-order valence-corrected chi connectivity index (χ1v) is 3.23. The third kappa shape index (κ3) is 0.672. The molecule has 54 valence electrons. The normalized spacial score (nSPS) is 30.2. The molecule has 0 radical (unpaired) electrons. The molecule has 5 nitrogen and oxygen atoms in total. The van der Waals surface area contributed by atoms with Crippen LogP contribution in [-0.2, 0) is 4.79 Å². The third-order valence-electron chi connectivity index (χ3n) is 1.71. The van der Waals surface area contributed by atoms with Crippen LogP contribution < -0.4 is 10.9 Å². The van der Waals surface area contributed by atoms with Gasteiger partial charge in [0.05, 0.1) is 0 Å². The number of carbonyl (C=O) groups excluding carboxylic acids is 1. The number of nitrogens with zero attached hydrogens (tertiary/aromatic N) is 2. The molecular formula is C5H8N4O. The fourth-order valence-corrected chi connectivity index (χ4v) is 1.19. The maximum absolute atomic E-state index is 11.0. The zero-order valence-electron chi connectivity index (χ0n) is 5.37. The summed E-state index contributed by atoms with van der Waals surface area (Å²) in [5.74, 6) is -0.0208. The van der Waals surface area contributed by atoms with Crippen LogP contribution in [0.4, 0.5) is 0 Å². The third-order valence-corrected chi connectivity index (χ3v) is 1.71. The van der Waals surface area contributed by atoms with Crippen LogP contribution in [0, 0.1) is 0 Å². The molecule has 10 heavy (non-hydrogen) atoms. The average Bonchev–Trinajstić information content (AvgIpc) is 2.36. The molecule has 1 fully saturated rings. The van der Waals surface area contributed by atoms with Gasteiger partial charge in [-0.2, -0.15) is 5.10 Å². The number of nitrogens with one attached hydrogen (secondary N) is 2. The maximum atomic E-state index is 11.0. The van der Waals surface area contributed by atoms with Crippen LogP contribution in [0.3, 0.4) is 0 Å². The minimum absolute atomic E-state index is 0.0208. The van der Waals surface area contributed by atoms with E-state index < -0.39 is 0 Å². The van der Waals surface area contributed by atoms with Crippen LogP contribution in [0.15, 0.2) is 5.10 Å². The van der Waals surface area contributed by atoms with Crippen molar-refractivity contribution < 1.29 is 4.79 Å². The minimum atomic E-state index is -0.0440. The second kappa shape index (κ2) is 1.95. The Morgan fingerprint density at radius 2 is 2.70 bits per heavy atom. The van der Waals surface area contributed by atoms with Crippen molar-refractivity contribution in [3.8, 4) is 0 Å². The summed E-state index contributed by atoms with van der Waals surface area (Å²) in [6.45, 7) is 0.851. The van der Waals surface area contributed by atoms with Crippen molar-refractivity contribution in [3.63, 3.8) is 0 Å². The number of fused-ring (bicyclic) bond motifs is 1. The van der Waals surface area contributed by atoms with Crippen LogP contribution in [0.2, 0.25) is 0 Å². The summed E-state index contributed by atoms with van der Waals surface area (Å²) in [5.41, 5.74) is 5.41. The summed E-state index contributed by atoms with van der Waals surface area (Å²) in [4.78, 5) is 11.0. The summed E-state index contributed by atoms with van der Waals surface area (Å²) in [6, 6.07) is -0.0440. The molecule has 2 N–H and O–H groups in total. The topological polar surface area (TPSA) is 56.7 Å². The van der Waals surface area contributed by atoms with Gasteiger partial charge >= 0.3 is 0 Å². The molecule has 5 heteroatoms. The molecule has 2 aliphatic rings. The highest BCUT2D eigenvalue weighted by atomic mass is 16.2. The highest BCUT2D eigenvalue weighted by Gasteiger charge is 2.30. The van der Waals surface area contributed by atoms with E-state index in [1.807, 2.05) is 0 Å². The lowest BCUT2D eigenvalue weighted by atomic mass is 10.2. The Morgan fingerprint density at radius 3 is 3.50 bits per heavy atom. The highest BCUT2D eigenvalue weighted by molar-refractivity contribution is 5.86. The first-order valence-electron chi connectivity index (χ1n) is 3.23. The quantitative estimate of drug-likeness (QED) is 0.437. The predicted octanol–water partition coefficient (Wildman–Crippen LogP) is -1.36. The zero-order valence-corrected chi connectivity index (χ0v) is 5.37. The second-order valence-electron chi connectivity index (χ2n) is 2.34. The molecule has 2 aliphatic heterocycles. The summed E-state index contributed by atoms with van der Waals surface area (Å²) in [7, 11) is 0. The van der Waals surface area contributed by atoms with Crippen LogP contribution >= 0.6 is 0 Å². The van der Waals surface area contributed by atoms with Crippen molar-refractivity contribution >= 4 is 12.2 Å². The number of hydrogen-bond acceptors (Lipinski definition) is 4. The molecule has 2 heterocycles. The van der Waals surface area contributed by atoms with Crippen molar-refractivity contribution in [2.75, 3.05) is 6.54 Å². The average molecular weight is 140 g/mol. The molecule has 1 unspecified atom stereocenters. The molecule has 0 aromatic rings. The fraction of sp³-hybridized carbons (Fsp3) is 0.600. The lowest BCUT2D eigenvalue weighted by Crippen LogP contribution is -2.48. The van der Waals surface area contributed by atoms with Gasteiger partial charge in [0.1, 0.15) is 12.4 Å². The number of hydrogen-bond donors (Lipinski definition) is 2. The molecule has 1 saturated heterocycles. The van der Waals surface area contributed by atoms with Crippen LogP contribution in [0.5, 0.6) is 0 Å². The summed E-state index contributed by atoms with van der Waals surface area (Å²) in [6.07, 6.45) is 2.46. The summed E-state index contributed by atoms with van der Waals surface area (Å²) >= 11 is 0. The number of rotatable bonds is 0. The van der Waals surface area contributed by atoms with E-state index in [-0.39, 0.29) is 11.9 Å². The second-order valence-corrected chi connectivity index (χ2v) is 2.34. The minimum Gasteiger partial charge on any atom is -0.284 e. The van der Waals surface area contributed by atoms with E-state index in [1.54, 1.807) is 11.3 Å². The van der Waals surface area contributed by atoms with E-state index in [9.17, 15) is 4.79 Å². The summed E-state index contributed by atoms with van der Waals surface area (Å²) in [5, 5.41) is 5.37. The van der Waals surface area contributed by atoms with Crippen molar-refractivity contribution in [2.45, 2.75) is 12.5 Å². The zero-order chi connectivity index (χ0) is 6.97. The smallest absolute Gasteiger partial charge is 0.264 e. The Bertz CT molecular complexity index is 190. The largest absolute Gasteiger partial charge is 0.284 e. The molecule has 0 aliphatic carbocycles. The monoisotopic (exact) mass is 140 g/mol. The van der Waals surface area contributed by atoms with Crippen LogP contribution in [0.1, 0.15) is 6.42 Å². The van der Waals surface area contributed by atoms with Crippen molar-refractivity contribution in [2.24, 2.45) is 5.10 Å². The van der Waals surface area contributed by atoms with E-state index in [0.717, 1.165) is 13.0 Å². The van der Waals surface area contributed by atoms with Gasteiger partial charge in [-0.05, 0) is 6.42 Å². The molecule has 0 aromatic heterocycles. The van der Waals surface area contributed by atoms with Gasteiger partial charge in [-0.1, -0.05) is 0 Å². The fourth-order valence-electron chi connectivity index (χ4n) is 1.19. The molecule has 0 aromatic carbocycles. The standard InChI is InChI=1S/C5H8N4O/c10-5-4-1-2-7-9(4)3-6-8-5/h3-4,7H,1-2H2,(H,8,10). The number of amides is 1. The van der Waals surface area contributed by atoms with Crippen LogP contribution in [0.25, 0.3) is 0 Å². The first-order chi connectivity index (χ1) is 4.88. The van der Waals surface area contributed by atoms with Crippen molar-refractivity contribution in [1.82, 2.24) is 15.9 Å². The lowest BCUT2D eigenvalue weighted by Gasteiger charge is -2.22. The predicted molar refractivity (Wildman–Crippen MR) is 34.9 cm³/mol. The summed E-state index contributed by atoms with van der Waals surface area (Å²) < 4.78 is 0. The van der Waals surface area contributed by atoms with Gasteiger partial charge in [0.25, 0.3) is 5.91 Å². The Hall–Kier alpha value is -1.10. The van der Waals surface area contributed by atoms with Gasteiger partial charge in [0.15, 0.2) is 0 Å². The van der Waals surface area contributed by atoms with Crippen LogP contribution in [-0.4, -0.2) is 29.8 Å². The molecule has 1 atom stereocenters.